The number of carbonyl (C=O) groups is 1. The maximum atomic E-state index is 14.3. The first-order valence-electron chi connectivity index (χ1n) is 11.1. The summed E-state index contributed by atoms with van der Waals surface area (Å²) in [5.41, 5.74) is 1.25. The molecule has 5 nitrogen and oxygen atoms in total. The number of piperidine rings is 1. The van der Waals surface area contributed by atoms with Crippen LogP contribution in [0.3, 0.4) is 0 Å². The molecule has 2 aromatic carbocycles. The van der Waals surface area contributed by atoms with E-state index in [1.54, 1.807) is 4.90 Å². The molecular weight excluding hydrogens is 409 g/mol. The third kappa shape index (κ3) is 7.02. The van der Waals surface area contributed by atoms with Crippen molar-refractivity contribution in [3.63, 3.8) is 0 Å². The third-order valence-corrected chi connectivity index (χ3v) is 5.54. The Morgan fingerprint density at radius 3 is 2.41 bits per heavy atom. The standard InChI is InChI=1S/C22H30B3F2N3O2/c1-29-10-8-18(9-11-29)30(14-16-4-5-17(26)12-20(16)27)21(31)28-13-15-2-6-19(7-3-15)32-22(23,24)25/h2-7,12,18H,8-11,13-14,23-25H2,1H3,(H,28,31). The van der Waals surface area contributed by atoms with Gasteiger partial charge in [-0.1, -0.05) is 18.2 Å². The predicted octanol–water partition coefficient (Wildman–Crippen LogP) is 0.660. The molecule has 0 bridgehead atoms. The van der Waals surface area contributed by atoms with Gasteiger partial charge in [-0.15, -0.1) is 0 Å². The molecule has 10 heteroatoms. The highest BCUT2D eigenvalue weighted by molar-refractivity contribution is 6.58. The molecule has 3 rings (SSSR count). The minimum atomic E-state index is -0.634. The van der Waals surface area contributed by atoms with E-state index in [0.717, 1.165) is 43.3 Å². The van der Waals surface area contributed by atoms with E-state index in [-0.39, 0.29) is 23.9 Å². The van der Waals surface area contributed by atoms with E-state index < -0.39 is 11.6 Å². The molecule has 0 aromatic heterocycles. The summed E-state index contributed by atoms with van der Waals surface area (Å²) in [6.07, 6.45) is 1.62. The highest BCUT2D eigenvalue weighted by atomic mass is 19.1. The van der Waals surface area contributed by atoms with Crippen molar-refractivity contribution in [3.05, 3.63) is 65.2 Å². The van der Waals surface area contributed by atoms with E-state index in [9.17, 15) is 13.6 Å². The van der Waals surface area contributed by atoms with Gasteiger partial charge in [0.1, 0.15) is 40.9 Å². The average molecular weight is 439 g/mol. The topological polar surface area (TPSA) is 44.8 Å². The highest BCUT2D eigenvalue weighted by Gasteiger charge is 2.28. The van der Waals surface area contributed by atoms with Crippen LogP contribution in [0.2, 0.25) is 0 Å². The highest BCUT2D eigenvalue weighted by Crippen LogP contribution is 2.21. The van der Waals surface area contributed by atoms with Crippen LogP contribution in [0.1, 0.15) is 24.0 Å². The molecule has 2 amide bonds. The van der Waals surface area contributed by atoms with Crippen LogP contribution in [0.4, 0.5) is 13.6 Å². The van der Waals surface area contributed by atoms with Gasteiger partial charge in [-0.3, -0.25) is 0 Å². The maximum Gasteiger partial charge on any atom is 0.318 e. The number of ether oxygens (including phenoxy) is 1. The normalized spacial score (nSPS) is 15.3. The Labute approximate surface area is 191 Å². The van der Waals surface area contributed by atoms with Crippen molar-refractivity contribution in [2.24, 2.45) is 0 Å². The third-order valence-electron chi connectivity index (χ3n) is 5.54. The lowest BCUT2D eigenvalue weighted by Gasteiger charge is -2.37. The molecule has 1 aliphatic rings. The molecule has 0 unspecified atom stereocenters. The first-order valence-corrected chi connectivity index (χ1v) is 11.1. The van der Waals surface area contributed by atoms with Gasteiger partial charge in [0.15, 0.2) is 0 Å². The van der Waals surface area contributed by atoms with Crippen LogP contribution in [-0.4, -0.2) is 70.8 Å². The van der Waals surface area contributed by atoms with Gasteiger partial charge in [-0.2, -0.15) is 0 Å². The lowest BCUT2D eigenvalue weighted by Crippen LogP contribution is -2.49. The number of benzene rings is 2. The van der Waals surface area contributed by atoms with E-state index in [1.165, 1.54) is 12.1 Å². The zero-order chi connectivity index (χ0) is 23.3. The molecule has 168 valence electrons. The Bertz CT molecular complexity index is 918. The van der Waals surface area contributed by atoms with Crippen molar-refractivity contribution in [3.8, 4) is 5.75 Å². The fraction of sp³-hybridized carbons (Fsp3) is 0.409. The van der Waals surface area contributed by atoms with Crippen molar-refractivity contribution in [2.45, 2.75) is 37.3 Å². The van der Waals surface area contributed by atoms with Crippen molar-refractivity contribution < 1.29 is 18.3 Å². The zero-order valence-corrected chi connectivity index (χ0v) is 19.3. The van der Waals surface area contributed by atoms with Crippen LogP contribution in [0.25, 0.3) is 0 Å². The molecule has 0 saturated carbocycles. The second-order valence-electron chi connectivity index (χ2n) is 9.42. The van der Waals surface area contributed by atoms with Crippen LogP contribution in [0, 0.1) is 11.6 Å². The number of nitrogens with one attached hydrogen (secondary N) is 1. The minimum Gasteiger partial charge on any atom is -0.514 e. The van der Waals surface area contributed by atoms with Gasteiger partial charge in [-0.05, 0) is 56.7 Å². The summed E-state index contributed by atoms with van der Waals surface area (Å²) in [5, 5.41) is 2.68. The molecule has 0 atom stereocenters. The Hall–Kier alpha value is -2.48. The molecule has 2 aromatic rings. The monoisotopic (exact) mass is 439 g/mol. The van der Waals surface area contributed by atoms with E-state index in [4.69, 9.17) is 4.74 Å². The molecular formula is C22H30B3F2N3O2. The average Bonchev–Trinajstić information content (AvgIpc) is 2.72. The number of carbonyl (C=O) groups excluding carboxylic acids is 1. The number of rotatable bonds is 7. The summed E-state index contributed by atoms with van der Waals surface area (Å²) in [5.74, 6) is -0.488. The molecule has 1 aliphatic heterocycles. The Morgan fingerprint density at radius 2 is 1.81 bits per heavy atom. The van der Waals surface area contributed by atoms with E-state index in [2.05, 4.69) is 10.2 Å². The van der Waals surface area contributed by atoms with Crippen LogP contribution in [0.15, 0.2) is 42.5 Å². The van der Waals surface area contributed by atoms with Crippen LogP contribution in [0.5, 0.6) is 5.75 Å². The second kappa shape index (κ2) is 10.4. The van der Waals surface area contributed by atoms with Gasteiger partial charge < -0.3 is 19.9 Å². The molecule has 32 heavy (non-hydrogen) atoms. The minimum absolute atomic E-state index is 0.00165. The molecule has 1 fully saturated rings. The Balaban J connectivity index is 1.67. The van der Waals surface area contributed by atoms with E-state index in [0.29, 0.717) is 12.1 Å². The van der Waals surface area contributed by atoms with Gasteiger partial charge in [0, 0.05) is 29.5 Å². The van der Waals surface area contributed by atoms with Gasteiger partial charge in [0.25, 0.3) is 0 Å². The number of hydrogen-bond acceptors (Lipinski definition) is 3. The summed E-state index contributed by atoms with van der Waals surface area (Å²) >= 11 is 0. The van der Waals surface area contributed by atoms with Crippen molar-refractivity contribution >= 4 is 29.6 Å². The predicted molar refractivity (Wildman–Crippen MR) is 130 cm³/mol. The maximum absolute atomic E-state index is 14.3. The zero-order valence-electron chi connectivity index (χ0n) is 19.3. The Morgan fingerprint density at radius 1 is 1.16 bits per heavy atom. The first kappa shape index (κ1) is 24.2. The summed E-state index contributed by atoms with van der Waals surface area (Å²) < 4.78 is 33.4. The molecule has 1 N–H and O–H groups in total. The number of amides is 2. The fourth-order valence-corrected chi connectivity index (χ4v) is 3.81. The quantitative estimate of drug-likeness (QED) is 0.646. The lowest BCUT2D eigenvalue weighted by atomic mass is 9.52. The van der Waals surface area contributed by atoms with Gasteiger partial charge in [0.2, 0.25) is 0 Å². The van der Waals surface area contributed by atoms with Gasteiger partial charge >= 0.3 is 6.03 Å². The van der Waals surface area contributed by atoms with Crippen molar-refractivity contribution in [1.29, 1.82) is 0 Å². The van der Waals surface area contributed by atoms with E-state index in [1.807, 2.05) is 54.9 Å². The van der Waals surface area contributed by atoms with Gasteiger partial charge in [-0.25, -0.2) is 13.6 Å². The smallest absolute Gasteiger partial charge is 0.318 e. The molecule has 0 spiro atoms. The molecule has 1 saturated heterocycles. The molecule has 0 aliphatic carbocycles. The number of nitrogens with zero attached hydrogens (tertiary/aromatic N) is 2. The van der Waals surface area contributed by atoms with Crippen LogP contribution in [-0.2, 0) is 13.1 Å². The largest absolute Gasteiger partial charge is 0.514 e. The van der Waals surface area contributed by atoms with E-state index >= 15 is 0 Å². The molecule has 0 radical (unpaired) electrons. The number of hydrogen-bond donors (Lipinski definition) is 1. The summed E-state index contributed by atoms with van der Waals surface area (Å²) in [7, 11) is 8.02. The molecule has 1 heterocycles. The number of likely N-dealkylation sites (tertiary alicyclic amines) is 1. The Kier molecular flexibility index (Phi) is 7.88. The second-order valence-corrected chi connectivity index (χ2v) is 9.42. The summed E-state index contributed by atoms with van der Waals surface area (Å²) in [6.45, 7) is 2.19. The number of halogens is 2. The lowest BCUT2D eigenvalue weighted by molar-refractivity contribution is 0.126. The fourth-order valence-electron chi connectivity index (χ4n) is 3.81. The van der Waals surface area contributed by atoms with Crippen molar-refractivity contribution in [2.75, 3.05) is 20.1 Å². The SMILES string of the molecule is BC(B)(B)Oc1ccc(CNC(=O)N(Cc2ccc(F)cc2F)C2CCN(C)CC2)cc1. The van der Waals surface area contributed by atoms with Gasteiger partial charge in [0.05, 0.1) is 6.54 Å². The first-order chi connectivity index (χ1) is 15.1. The summed E-state index contributed by atoms with van der Waals surface area (Å²) in [6, 6.07) is 10.8. The summed E-state index contributed by atoms with van der Waals surface area (Å²) in [4.78, 5) is 17.0. The number of urea groups is 1. The van der Waals surface area contributed by atoms with Crippen LogP contribution >= 0.6 is 0 Å². The van der Waals surface area contributed by atoms with Crippen molar-refractivity contribution in [1.82, 2.24) is 15.1 Å². The van der Waals surface area contributed by atoms with Crippen LogP contribution < -0.4 is 10.1 Å².